The van der Waals surface area contributed by atoms with Gasteiger partial charge >= 0.3 is 6.09 Å². The molecule has 0 saturated carbocycles. The van der Waals surface area contributed by atoms with E-state index in [1.807, 2.05) is 36.5 Å². The lowest BCUT2D eigenvalue weighted by Gasteiger charge is -2.26. The fourth-order valence-corrected chi connectivity index (χ4v) is 2.54. The maximum Gasteiger partial charge on any atom is 0.410 e. The molecular weight excluding hydrogens is 282 g/mol. The van der Waals surface area contributed by atoms with Crippen molar-refractivity contribution in [3.63, 3.8) is 0 Å². The Morgan fingerprint density at radius 3 is 2.86 bits per heavy atom. The highest BCUT2D eigenvalue weighted by Gasteiger charge is 2.24. The van der Waals surface area contributed by atoms with E-state index in [9.17, 15) is 4.79 Å². The van der Waals surface area contributed by atoms with Crippen molar-refractivity contribution in [3.8, 4) is 0 Å². The van der Waals surface area contributed by atoms with E-state index in [0.29, 0.717) is 6.04 Å². The number of carbonyl (C=O) groups is 1. The molecule has 2 heterocycles. The van der Waals surface area contributed by atoms with Gasteiger partial charge < -0.3 is 15.0 Å². The second-order valence-electron chi connectivity index (χ2n) is 6.72. The largest absolute Gasteiger partial charge is 0.444 e. The highest BCUT2D eigenvalue weighted by atomic mass is 16.6. The topological polar surface area (TPSA) is 72.3 Å². The number of hydrogen-bond donors (Lipinski definition) is 1. The van der Waals surface area contributed by atoms with Crippen LogP contribution >= 0.6 is 0 Å². The summed E-state index contributed by atoms with van der Waals surface area (Å²) >= 11 is 0. The van der Waals surface area contributed by atoms with Crippen molar-refractivity contribution < 1.29 is 9.53 Å². The number of rotatable bonds is 4. The average Bonchev–Trinajstić information content (AvgIpc) is 2.81. The van der Waals surface area contributed by atoms with E-state index in [1.54, 1.807) is 6.20 Å². The van der Waals surface area contributed by atoms with Gasteiger partial charge in [0.1, 0.15) is 5.60 Å². The fourth-order valence-electron chi connectivity index (χ4n) is 2.54. The molecule has 7 nitrogen and oxygen atoms in total. The smallest absolute Gasteiger partial charge is 0.410 e. The highest BCUT2D eigenvalue weighted by molar-refractivity contribution is 5.68. The second-order valence-corrected chi connectivity index (χ2v) is 6.72. The molecule has 0 aromatic carbocycles. The van der Waals surface area contributed by atoms with Crippen molar-refractivity contribution in [1.82, 2.24) is 25.2 Å². The first-order valence-corrected chi connectivity index (χ1v) is 7.99. The summed E-state index contributed by atoms with van der Waals surface area (Å²) in [4.78, 5) is 13.9. The summed E-state index contributed by atoms with van der Waals surface area (Å²) < 4.78 is 7.26. The molecule has 0 spiro atoms. The van der Waals surface area contributed by atoms with Crippen LogP contribution in [0.15, 0.2) is 12.4 Å². The van der Waals surface area contributed by atoms with Crippen LogP contribution < -0.4 is 5.32 Å². The average molecular weight is 309 g/mol. The molecule has 124 valence electrons. The van der Waals surface area contributed by atoms with Crippen LogP contribution in [0.5, 0.6) is 0 Å². The Bertz CT molecular complexity index is 455. The lowest BCUT2D eigenvalue weighted by atomic mass is 10.1. The van der Waals surface area contributed by atoms with Gasteiger partial charge in [-0.2, -0.15) is 0 Å². The minimum absolute atomic E-state index is 0.198. The first-order chi connectivity index (χ1) is 10.4. The summed E-state index contributed by atoms with van der Waals surface area (Å²) in [5.74, 6) is 0. The standard InChI is InChI=1S/C15H27N5O2/c1-15(2,3)22-14(21)19-9-4-5-13(6-10-19)16-7-11-20-12-8-17-18-20/h8,12-13,16H,4-7,9-11H2,1-3H3. The Balaban J connectivity index is 1.71. The minimum atomic E-state index is -0.432. The maximum absolute atomic E-state index is 12.1. The molecule has 0 aliphatic carbocycles. The first-order valence-electron chi connectivity index (χ1n) is 7.99. The number of ether oxygens (including phenoxy) is 1. The van der Waals surface area contributed by atoms with Crippen molar-refractivity contribution in [2.24, 2.45) is 0 Å². The molecule has 1 saturated heterocycles. The van der Waals surface area contributed by atoms with E-state index in [2.05, 4.69) is 15.6 Å². The van der Waals surface area contributed by atoms with Gasteiger partial charge in [-0.05, 0) is 40.0 Å². The number of nitrogens with one attached hydrogen (secondary N) is 1. The number of aromatic nitrogens is 3. The molecule has 1 unspecified atom stereocenters. The van der Waals surface area contributed by atoms with E-state index in [-0.39, 0.29) is 6.09 Å². The van der Waals surface area contributed by atoms with Crippen LogP contribution in [0.1, 0.15) is 40.0 Å². The minimum Gasteiger partial charge on any atom is -0.444 e. The van der Waals surface area contributed by atoms with Crippen molar-refractivity contribution >= 4 is 6.09 Å². The third kappa shape index (κ3) is 5.63. The Morgan fingerprint density at radius 2 is 2.18 bits per heavy atom. The van der Waals surface area contributed by atoms with Crippen molar-refractivity contribution in [1.29, 1.82) is 0 Å². The monoisotopic (exact) mass is 309 g/mol. The van der Waals surface area contributed by atoms with Crippen LogP contribution in [0.3, 0.4) is 0 Å². The van der Waals surface area contributed by atoms with Gasteiger partial charge in [-0.25, -0.2) is 4.79 Å². The highest BCUT2D eigenvalue weighted by Crippen LogP contribution is 2.15. The molecule has 1 amide bonds. The molecule has 1 aliphatic rings. The van der Waals surface area contributed by atoms with E-state index >= 15 is 0 Å². The predicted molar refractivity (Wildman–Crippen MR) is 83.5 cm³/mol. The van der Waals surface area contributed by atoms with E-state index in [0.717, 1.165) is 45.4 Å². The molecule has 1 atom stereocenters. The van der Waals surface area contributed by atoms with E-state index in [4.69, 9.17) is 4.74 Å². The van der Waals surface area contributed by atoms with Gasteiger partial charge in [0.05, 0.1) is 12.7 Å². The third-order valence-corrected chi connectivity index (χ3v) is 3.63. The number of nitrogens with zero attached hydrogens (tertiary/aromatic N) is 4. The molecule has 0 radical (unpaired) electrons. The fraction of sp³-hybridized carbons (Fsp3) is 0.800. The van der Waals surface area contributed by atoms with Gasteiger partial charge in [-0.3, -0.25) is 4.68 Å². The number of hydrogen-bond acceptors (Lipinski definition) is 5. The van der Waals surface area contributed by atoms with E-state index < -0.39 is 5.60 Å². The van der Waals surface area contributed by atoms with Gasteiger partial charge in [0.25, 0.3) is 0 Å². The molecular formula is C15H27N5O2. The van der Waals surface area contributed by atoms with Crippen LogP contribution in [0.25, 0.3) is 0 Å². The predicted octanol–water partition coefficient (Wildman–Crippen LogP) is 1.66. The number of amides is 1. The number of likely N-dealkylation sites (tertiary alicyclic amines) is 1. The summed E-state index contributed by atoms with van der Waals surface area (Å²) in [5, 5.41) is 11.3. The molecule has 1 aromatic heterocycles. The molecule has 1 aliphatic heterocycles. The van der Waals surface area contributed by atoms with Crippen LogP contribution in [0.4, 0.5) is 4.79 Å². The molecule has 22 heavy (non-hydrogen) atoms. The van der Waals surface area contributed by atoms with Crippen LogP contribution in [0, 0.1) is 0 Å². The zero-order valence-corrected chi connectivity index (χ0v) is 13.8. The quantitative estimate of drug-likeness (QED) is 0.915. The van der Waals surface area contributed by atoms with Gasteiger partial charge in [0.2, 0.25) is 0 Å². The molecule has 0 bridgehead atoms. The zero-order valence-electron chi connectivity index (χ0n) is 13.8. The summed E-state index contributed by atoms with van der Waals surface area (Å²) in [6.07, 6.45) is 6.38. The molecule has 1 aromatic rings. The Kier molecular flexibility index (Phi) is 5.76. The maximum atomic E-state index is 12.1. The molecule has 1 N–H and O–H groups in total. The first kappa shape index (κ1) is 16.7. The SMILES string of the molecule is CC(C)(C)OC(=O)N1CCCC(NCCn2ccnn2)CC1. The molecule has 1 fully saturated rings. The Morgan fingerprint density at radius 1 is 1.36 bits per heavy atom. The molecule has 7 heteroatoms. The Hall–Kier alpha value is -1.63. The van der Waals surface area contributed by atoms with E-state index in [1.165, 1.54) is 0 Å². The van der Waals surface area contributed by atoms with Gasteiger partial charge in [-0.1, -0.05) is 5.21 Å². The van der Waals surface area contributed by atoms with Gasteiger partial charge in [0, 0.05) is 31.9 Å². The van der Waals surface area contributed by atoms with Crippen LogP contribution in [0.2, 0.25) is 0 Å². The third-order valence-electron chi connectivity index (χ3n) is 3.63. The summed E-state index contributed by atoms with van der Waals surface area (Å²) in [6, 6.07) is 0.441. The summed E-state index contributed by atoms with van der Waals surface area (Å²) in [5.41, 5.74) is -0.432. The van der Waals surface area contributed by atoms with Crippen LogP contribution in [-0.4, -0.2) is 57.3 Å². The van der Waals surface area contributed by atoms with Crippen molar-refractivity contribution in [2.75, 3.05) is 19.6 Å². The number of carbonyl (C=O) groups excluding carboxylic acids is 1. The normalized spacial score (nSPS) is 19.8. The molecule has 2 rings (SSSR count). The lowest BCUT2D eigenvalue weighted by Crippen LogP contribution is -2.38. The zero-order chi connectivity index (χ0) is 16.0. The van der Waals surface area contributed by atoms with Gasteiger partial charge in [-0.15, -0.1) is 5.10 Å². The summed E-state index contributed by atoms with van der Waals surface area (Å²) in [7, 11) is 0. The van der Waals surface area contributed by atoms with Crippen molar-refractivity contribution in [2.45, 2.75) is 58.2 Å². The van der Waals surface area contributed by atoms with Crippen molar-refractivity contribution in [3.05, 3.63) is 12.4 Å². The Labute approximate surface area is 132 Å². The van der Waals surface area contributed by atoms with Gasteiger partial charge in [0.15, 0.2) is 0 Å². The second kappa shape index (κ2) is 7.58. The lowest BCUT2D eigenvalue weighted by molar-refractivity contribution is 0.0256. The van der Waals surface area contributed by atoms with Crippen LogP contribution in [-0.2, 0) is 11.3 Å². The summed E-state index contributed by atoms with van der Waals surface area (Å²) in [6.45, 7) is 8.89.